The summed E-state index contributed by atoms with van der Waals surface area (Å²) in [6, 6.07) is 3.39. The van der Waals surface area contributed by atoms with Gasteiger partial charge in [0.2, 0.25) is 0 Å². The van der Waals surface area contributed by atoms with Gasteiger partial charge in [-0.15, -0.1) is 0 Å². The van der Waals surface area contributed by atoms with Gasteiger partial charge in [0.1, 0.15) is 12.3 Å². The van der Waals surface area contributed by atoms with Gasteiger partial charge in [-0.1, -0.05) is 11.8 Å². The molecule has 0 saturated carbocycles. The molecule has 0 spiro atoms. The highest BCUT2D eigenvalue weighted by molar-refractivity contribution is 7.99. The van der Waals surface area contributed by atoms with Crippen LogP contribution in [0.4, 0.5) is 0 Å². The van der Waals surface area contributed by atoms with Crippen LogP contribution in [0.3, 0.4) is 0 Å². The zero-order valence-corrected chi connectivity index (χ0v) is 11.4. The molecule has 1 unspecified atom stereocenters. The van der Waals surface area contributed by atoms with E-state index in [1.54, 1.807) is 18.3 Å². The van der Waals surface area contributed by atoms with Crippen molar-refractivity contribution in [3.05, 3.63) is 29.6 Å². The summed E-state index contributed by atoms with van der Waals surface area (Å²) in [5.74, 6) is 8.04. The second-order valence-corrected chi connectivity index (χ2v) is 5.48. The third kappa shape index (κ3) is 4.27. The number of thioether (sulfide) groups is 1. The van der Waals surface area contributed by atoms with Crippen LogP contribution in [0.1, 0.15) is 22.5 Å². The van der Waals surface area contributed by atoms with E-state index >= 15 is 0 Å². The average Bonchev–Trinajstić information content (AvgIpc) is 2.96. The van der Waals surface area contributed by atoms with Crippen LogP contribution in [0.5, 0.6) is 0 Å². The van der Waals surface area contributed by atoms with Crippen LogP contribution in [0.25, 0.3) is 0 Å². The molecule has 1 amide bonds. The predicted octanol–water partition coefficient (Wildman–Crippen LogP) is 0.908. The lowest BCUT2D eigenvalue weighted by Crippen LogP contribution is -2.29. The lowest BCUT2D eigenvalue weighted by Gasteiger charge is -2.09. The molecule has 0 aromatic carbocycles. The number of carbonyl (C=O) groups excluding carboxylic acids is 1. The van der Waals surface area contributed by atoms with Crippen molar-refractivity contribution in [2.75, 3.05) is 24.7 Å². The largest absolute Gasteiger partial charge is 0.384 e. The van der Waals surface area contributed by atoms with Crippen molar-refractivity contribution >= 4 is 17.7 Å². The van der Waals surface area contributed by atoms with E-state index in [0.717, 1.165) is 12.3 Å². The molecule has 1 aromatic rings. The van der Waals surface area contributed by atoms with E-state index in [2.05, 4.69) is 22.1 Å². The Balaban J connectivity index is 1.88. The quantitative estimate of drug-likeness (QED) is 0.806. The van der Waals surface area contributed by atoms with Crippen molar-refractivity contribution in [3.63, 3.8) is 0 Å². The SMILES string of the molecule is O=C(NCC1CCSC1)c1ccc(C#CCO)cn1. The van der Waals surface area contributed by atoms with Crippen molar-refractivity contribution in [2.45, 2.75) is 6.42 Å². The van der Waals surface area contributed by atoms with E-state index in [0.29, 0.717) is 17.2 Å². The van der Waals surface area contributed by atoms with Crippen molar-refractivity contribution in [1.82, 2.24) is 10.3 Å². The fraction of sp³-hybridized carbons (Fsp3) is 0.429. The minimum atomic E-state index is -0.179. The maximum atomic E-state index is 11.9. The van der Waals surface area contributed by atoms with Crippen LogP contribution >= 0.6 is 11.8 Å². The van der Waals surface area contributed by atoms with Crippen molar-refractivity contribution in [3.8, 4) is 11.8 Å². The first-order valence-corrected chi connectivity index (χ1v) is 7.37. The third-order valence-corrected chi connectivity index (χ3v) is 4.11. The van der Waals surface area contributed by atoms with Gasteiger partial charge in [0, 0.05) is 18.3 Å². The molecule has 1 aliphatic rings. The van der Waals surface area contributed by atoms with E-state index in [-0.39, 0.29) is 12.5 Å². The Kier molecular flexibility index (Phi) is 5.25. The van der Waals surface area contributed by atoms with Crippen LogP contribution in [0, 0.1) is 17.8 Å². The first-order valence-electron chi connectivity index (χ1n) is 6.21. The van der Waals surface area contributed by atoms with Crippen LogP contribution in [-0.4, -0.2) is 40.7 Å². The molecule has 1 saturated heterocycles. The summed E-state index contributed by atoms with van der Waals surface area (Å²) < 4.78 is 0. The summed E-state index contributed by atoms with van der Waals surface area (Å²) in [6.45, 7) is 0.543. The molecule has 1 fully saturated rings. The maximum Gasteiger partial charge on any atom is 0.269 e. The topological polar surface area (TPSA) is 62.2 Å². The van der Waals surface area contributed by atoms with E-state index in [1.807, 2.05) is 11.8 Å². The third-order valence-electron chi connectivity index (χ3n) is 2.88. The molecule has 2 N–H and O–H groups in total. The van der Waals surface area contributed by atoms with Crippen LogP contribution in [0.15, 0.2) is 18.3 Å². The summed E-state index contributed by atoms with van der Waals surface area (Å²) in [5, 5.41) is 11.5. The Morgan fingerprint density at radius 2 is 2.47 bits per heavy atom. The molecule has 4 nitrogen and oxygen atoms in total. The molecule has 2 heterocycles. The first-order chi connectivity index (χ1) is 9.29. The smallest absolute Gasteiger partial charge is 0.269 e. The van der Waals surface area contributed by atoms with Gasteiger partial charge in [-0.25, -0.2) is 4.98 Å². The zero-order chi connectivity index (χ0) is 13.5. The molecular formula is C14H16N2O2S. The van der Waals surface area contributed by atoms with Gasteiger partial charge in [0.25, 0.3) is 5.91 Å². The number of carbonyl (C=O) groups is 1. The van der Waals surface area contributed by atoms with E-state index in [4.69, 9.17) is 5.11 Å². The zero-order valence-electron chi connectivity index (χ0n) is 10.6. The molecular weight excluding hydrogens is 260 g/mol. The summed E-state index contributed by atoms with van der Waals surface area (Å²) in [7, 11) is 0. The minimum Gasteiger partial charge on any atom is -0.384 e. The number of hydrogen-bond acceptors (Lipinski definition) is 4. The van der Waals surface area contributed by atoms with Gasteiger partial charge in [-0.2, -0.15) is 11.8 Å². The number of aromatic nitrogens is 1. The summed E-state index contributed by atoms with van der Waals surface area (Å²) in [6.07, 6.45) is 2.72. The fourth-order valence-electron chi connectivity index (χ4n) is 1.82. The number of nitrogens with zero attached hydrogens (tertiary/aromatic N) is 1. The van der Waals surface area contributed by atoms with Gasteiger partial charge in [0.05, 0.1) is 0 Å². The van der Waals surface area contributed by atoms with E-state index in [9.17, 15) is 4.79 Å². The van der Waals surface area contributed by atoms with Gasteiger partial charge < -0.3 is 10.4 Å². The molecule has 5 heteroatoms. The molecule has 0 bridgehead atoms. The molecule has 2 rings (SSSR count). The Morgan fingerprint density at radius 3 is 3.11 bits per heavy atom. The van der Waals surface area contributed by atoms with Gasteiger partial charge in [0.15, 0.2) is 0 Å². The Hall–Kier alpha value is -1.51. The number of rotatable bonds is 3. The number of pyridine rings is 1. The Morgan fingerprint density at radius 1 is 1.58 bits per heavy atom. The van der Waals surface area contributed by atoms with Gasteiger partial charge >= 0.3 is 0 Å². The van der Waals surface area contributed by atoms with E-state index in [1.165, 1.54) is 12.2 Å². The lowest BCUT2D eigenvalue weighted by atomic mass is 10.1. The number of hydrogen-bond donors (Lipinski definition) is 2. The molecule has 0 aliphatic carbocycles. The summed E-state index contributed by atoms with van der Waals surface area (Å²) in [5.41, 5.74) is 1.10. The number of aliphatic hydroxyl groups is 1. The second kappa shape index (κ2) is 7.17. The monoisotopic (exact) mass is 276 g/mol. The van der Waals surface area contributed by atoms with Crippen LogP contribution < -0.4 is 5.32 Å². The number of aliphatic hydroxyl groups excluding tert-OH is 1. The van der Waals surface area contributed by atoms with Crippen molar-refractivity contribution in [1.29, 1.82) is 0 Å². The first kappa shape index (κ1) is 13.9. The van der Waals surface area contributed by atoms with Crippen molar-refractivity contribution < 1.29 is 9.90 Å². The Bertz CT molecular complexity index is 484. The number of nitrogens with one attached hydrogen (secondary N) is 1. The average molecular weight is 276 g/mol. The van der Waals surface area contributed by atoms with Crippen LogP contribution in [0.2, 0.25) is 0 Å². The molecule has 100 valence electrons. The molecule has 19 heavy (non-hydrogen) atoms. The highest BCUT2D eigenvalue weighted by Crippen LogP contribution is 2.22. The van der Waals surface area contributed by atoms with Gasteiger partial charge in [-0.05, 0) is 36.0 Å². The van der Waals surface area contributed by atoms with Crippen molar-refractivity contribution in [2.24, 2.45) is 5.92 Å². The second-order valence-electron chi connectivity index (χ2n) is 4.33. The standard InChI is InChI=1S/C14H16N2O2S/c17-6-1-2-11-3-4-13(15-8-11)14(18)16-9-12-5-7-19-10-12/h3-4,8,12,17H,5-7,9-10H2,(H,16,18). The van der Waals surface area contributed by atoms with Gasteiger partial charge in [-0.3, -0.25) is 4.79 Å². The highest BCUT2D eigenvalue weighted by Gasteiger charge is 2.16. The number of amides is 1. The summed E-state index contributed by atoms with van der Waals surface area (Å²) in [4.78, 5) is 15.9. The lowest BCUT2D eigenvalue weighted by molar-refractivity contribution is 0.0943. The molecule has 0 radical (unpaired) electrons. The van der Waals surface area contributed by atoms with Crippen LogP contribution in [-0.2, 0) is 0 Å². The molecule has 1 aromatic heterocycles. The minimum absolute atomic E-state index is 0.140. The predicted molar refractivity (Wildman–Crippen MR) is 76.0 cm³/mol. The fourth-order valence-corrected chi connectivity index (χ4v) is 3.10. The highest BCUT2D eigenvalue weighted by atomic mass is 32.2. The normalized spacial score (nSPS) is 17.6. The molecule has 1 atom stereocenters. The molecule has 1 aliphatic heterocycles. The van der Waals surface area contributed by atoms with E-state index < -0.39 is 0 Å². The maximum absolute atomic E-state index is 11.9. The Labute approximate surface area is 117 Å². The summed E-state index contributed by atoms with van der Waals surface area (Å²) >= 11 is 1.94.